The van der Waals surface area contributed by atoms with Crippen LogP contribution in [0.5, 0.6) is 0 Å². The summed E-state index contributed by atoms with van der Waals surface area (Å²) in [6, 6.07) is 18.5. The van der Waals surface area contributed by atoms with Crippen molar-refractivity contribution in [2.24, 2.45) is 0 Å². The standard InChI is InChI=1S/C25H26N6OS2/c1-18-8-6-7-11-22(18)29-12-14-30(15-13-29)24(32)21-16-33-23(26-21)17-34-25-28-27-19(2)31(25)20-9-4-3-5-10-20/h3-11,16H,12-15,17H2,1-2H3. The maximum atomic E-state index is 13.1. The van der Waals surface area contributed by atoms with Crippen LogP contribution in [-0.4, -0.2) is 56.7 Å². The molecule has 34 heavy (non-hydrogen) atoms. The summed E-state index contributed by atoms with van der Waals surface area (Å²) in [5.74, 6) is 1.50. The fourth-order valence-corrected chi connectivity index (χ4v) is 5.93. The Morgan fingerprint density at radius 2 is 1.71 bits per heavy atom. The summed E-state index contributed by atoms with van der Waals surface area (Å²) in [6.07, 6.45) is 0. The molecule has 0 radical (unpaired) electrons. The van der Waals surface area contributed by atoms with Crippen molar-refractivity contribution in [3.63, 3.8) is 0 Å². The van der Waals surface area contributed by atoms with Gasteiger partial charge in [0.05, 0.1) is 5.75 Å². The summed E-state index contributed by atoms with van der Waals surface area (Å²) < 4.78 is 2.04. The van der Waals surface area contributed by atoms with Crippen LogP contribution in [0.25, 0.3) is 5.69 Å². The van der Waals surface area contributed by atoms with Crippen molar-refractivity contribution in [3.8, 4) is 5.69 Å². The Labute approximate surface area is 207 Å². The molecule has 0 unspecified atom stereocenters. The highest BCUT2D eigenvalue weighted by atomic mass is 32.2. The second kappa shape index (κ2) is 9.99. The minimum Gasteiger partial charge on any atom is -0.368 e. The predicted octanol–water partition coefficient (Wildman–Crippen LogP) is 4.60. The Morgan fingerprint density at radius 1 is 0.971 bits per heavy atom. The van der Waals surface area contributed by atoms with Crippen molar-refractivity contribution in [2.45, 2.75) is 24.8 Å². The first-order chi connectivity index (χ1) is 16.6. The summed E-state index contributed by atoms with van der Waals surface area (Å²) in [4.78, 5) is 22.0. The van der Waals surface area contributed by atoms with E-state index in [0.717, 1.165) is 34.8 Å². The number of carbonyl (C=O) groups is 1. The fourth-order valence-electron chi connectivity index (χ4n) is 4.14. The third kappa shape index (κ3) is 4.71. The molecule has 2 aromatic carbocycles. The summed E-state index contributed by atoms with van der Waals surface area (Å²) in [5.41, 5.74) is 4.08. The Kier molecular flexibility index (Phi) is 6.64. The third-order valence-corrected chi connectivity index (χ3v) is 7.90. The number of amides is 1. The molecular formula is C25H26N6OS2. The molecule has 174 valence electrons. The van der Waals surface area contributed by atoms with Crippen LogP contribution in [0.15, 0.2) is 65.1 Å². The average Bonchev–Trinajstić information content (AvgIpc) is 3.50. The Bertz CT molecular complexity index is 1280. The van der Waals surface area contributed by atoms with Crippen LogP contribution in [0.2, 0.25) is 0 Å². The van der Waals surface area contributed by atoms with Crippen molar-refractivity contribution in [1.82, 2.24) is 24.6 Å². The number of hydrogen-bond acceptors (Lipinski definition) is 7. The van der Waals surface area contributed by atoms with Gasteiger partial charge in [-0.05, 0) is 37.6 Å². The minimum absolute atomic E-state index is 0.0141. The number of carbonyl (C=O) groups excluding carboxylic acids is 1. The van der Waals surface area contributed by atoms with Gasteiger partial charge in [-0.25, -0.2) is 4.98 Å². The highest BCUT2D eigenvalue weighted by molar-refractivity contribution is 7.98. The number of thiazole rings is 1. The molecule has 3 heterocycles. The lowest BCUT2D eigenvalue weighted by Gasteiger charge is -2.36. The number of aromatic nitrogens is 4. The maximum absolute atomic E-state index is 13.1. The SMILES string of the molecule is Cc1ccccc1N1CCN(C(=O)c2csc(CSc3nnc(C)n3-c3ccccc3)n2)CC1. The molecule has 0 N–H and O–H groups in total. The van der Waals surface area contributed by atoms with E-state index in [-0.39, 0.29) is 5.91 Å². The first kappa shape index (κ1) is 22.6. The molecule has 9 heteroatoms. The zero-order chi connectivity index (χ0) is 23.5. The number of piperazine rings is 1. The predicted molar refractivity (Wildman–Crippen MR) is 137 cm³/mol. The number of aryl methyl sites for hydroxylation is 2. The van der Waals surface area contributed by atoms with Crippen molar-refractivity contribution in [3.05, 3.63) is 82.1 Å². The van der Waals surface area contributed by atoms with Gasteiger partial charge in [0.15, 0.2) is 5.16 Å². The number of nitrogens with zero attached hydrogens (tertiary/aromatic N) is 6. The molecule has 1 aliphatic heterocycles. The summed E-state index contributed by atoms with van der Waals surface area (Å²) in [7, 11) is 0. The van der Waals surface area contributed by atoms with E-state index in [4.69, 9.17) is 0 Å². The Hall–Kier alpha value is -3.17. The largest absolute Gasteiger partial charge is 0.368 e. The lowest BCUT2D eigenvalue weighted by atomic mass is 10.1. The number of hydrogen-bond donors (Lipinski definition) is 0. The second-order valence-electron chi connectivity index (χ2n) is 8.18. The van der Waals surface area contributed by atoms with Crippen LogP contribution in [0, 0.1) is 13.8 Å². The Morgan fingerprint density at radius 3 is 2.47 bits per heavy atom. The van der Waals surface area contributed by atoms with E-state index in [0.29, 0.717) is 24.5 Å². The van der Waals surface area contributed by atoms with Gasteiger partial charge >= 0.3 is 0 Å². The first-order valence-corrected chi connectivity index (χ1v) is 13.1. The van der Waals surface area contributed by atoms with Crippen molar-refractivity contribution < 1.29 is 4.79 Å². The van der Waals surface area contributed by atoms with E-state index < -0.39 is 0 Å². The first-order valence-electron chi connectivity index (χ1n) is 11.2. The number of benzene rings is 2. The van der Waals surface area contributed by atoms with Gasteiger partial charge in [0.1, 0.15) is 16.5 Å². The van der Waals surface area contributed by atoms with Gasteiger partial charge in [-0.15, -0.1) is 21.5 Å². The average molecular weight is 491 g/mol. The van der Waals surface area contributed by atoms with Gasteiger partial charge < -0.3 is 9.80 Å². The van der Waals surface area contributed by atoms with E-state index >= 15 is 0 Å². The molecule has 0 aliphatic carbocycles. The molecule has 7 nitrogen and oxygen atoms in total. The van der Waals surface area contributed by atoms with Crippen LogP contribution in [-0.2, 0) is 5.75 Å². The summed E-state index contributed by atoms with van der Waals surface area (Å²) >= 11 is 3.10. The molecule has 1 fully saturated rings. The lowest BCUT2D eigenvalue weighted by Crippen LogP contribution is -2.49. The van der Waals surface area contributed by atoms with Crippen molar-refractivity contribution in [2.75, 3.05) is 31.1 Å². The van der Waals surface area contributed by atoms with Crippen LogP contribution in [0.4, 0.5) is 5.69 Å². The molecule has 1 saturated heterocycles. The Balaban J connectivity index is 1.20. The van der Waals surface area contributed by atoms with Crippen LogP contribution in [0.3, 0.4) is 0 Å². The molecule has 0 bridgehead atoms. The van der Waals surface area contributed by atoms with Gasteiger partial charge in [-0.1, -0.05) is 48.2 Å². The van der Waals surface area contributed by atoms with Gasteiger partial charge in [-0.2, -0.15) is 0 Å². The van der Waals surface area contributed by atoms with E-state index in [1.807, 2.05) is 52.1 Å². The van der Waals surface area contributed by atoms with E-state index in [1.165, 1.54) is 22.6 Å². The van der Waals surface area contributed by atoms with Crippen molar-refractivity contribution in [1.29, 1.82) is 0 Å². The van der Waals surface area contributed by atoms with Crippen LogP contribution >= 0.6 is 23.1 Å². The monoisotopic (exact) mass is 490 g/mol. The highest BCUT2D eigenvalue weighted by Gasteiger charge is 2.24. The molecule has 0 spiro atoms. The smallest absolute Gasteiger partial charge is 0.273 e. The van der Waals surface area contributed by atoms with Crippen LogP contribution in [0.1, 0.15) is 26.9 Å². The molecule has 1 amide bonds. The molecule has 0 atom stereocenters. The van der Waals surface area contributed by atoms with E-state index in [9.17, 15) is 4.79 Å². The number of anilines is 1. The van der Waals surface area contributed by atoms with Crippen molar-refractivity contribution >= 4 is 34.7 Å². The zero-order valence-corrected chi connectivity index (χ0v) is 20.9. The molecular weight excluding hydrogens is 464 g/mol. The normalized spacial score (nSPS) is 13.9. The quantitative estimate of drug-likeness (QED) is 0.368. The fraction of sp³-hybridized carbons (Fsp3) is 0.280. The molecule has 2 aromatic heterocycles. The van der Waals surface area contributed by atoms with Gasteiger partial charge in [0, 0.05) is 42.9 Å². The molecule has 1 aliphatic rings. The maximum Gasteiger partial charge on any atom is 0.273 e. The summed E-state index contributed by atoms with van der Waals surface area (Å²) in [5, 5.41) is 12.2. The van der Waals surface area contributed by atoms with E-state index in [1.54, 1.807) is 11.8 Å². The van der Waals surface area contributed by atoms with Crippen LogP contribution < -0.4 is 4.90 Å². The zero-order valence-electron chi connectivity index (χ0n) is 19.2. The number of rotatable bonds is 6. The molecule has 4 aromatic rings. The topological polar surface area (TPSA) is 67.2 Å². The molecule has 0 saturated carbocycles. The van der Waals surface area contributed by atoms with E-state index in [2.05, 4.69) is 51.3 Å². The van der Waals surface area contributed by atoms with Gasteiger partial charge in [0.25, 0.3) is 5.91 Å². The highest BCUT2D eigenvalue weighted by Crippen LogP contribution is 2.27. The number of thioether (sulfide) groups is 1. The summed E-state index contributed by atoms with van der Waals surface area (Å²) in [6.45, 7) is 7.15. The third-order valence-electron chi connectivity index (χ3n) is 5.93. The molecule has 5 rings (SSSR count). The van der Waals surface area contributed by atoms with Gasteiger partial charge in [-0.3, -0.25) is 9.36 Å². The lowest BCUT2D eigenvalue weighted by molar-refractivity contribution is 0.0741. The number of para-hydroxylation sites is 2. The van der Waals surface area contributed by atoms with Gasteiger partial charge in [0.2, 0.25) is 0 Å². The minimum atomic E-state index is 0.0141. The second-order valence-corrected chi connectivity index (χ2v) is 10.1.